The van der Waals surface area contributed by atoms with E-state index in [1.807, 2.05) is 49.1 Å². The second-order valence-electron chi connectivity index (χ2n) is 13.4. The Morgan fingerprint density at radius 3 is 1.26 bits per heavy atom. The van der Waals surface area contributed by atoms with Gasteiger partial charge in [-0.25, -0.2) is 0 Å². The van der Waals surface area contributed by atoms with Crippen molar-refractivity contribution in [2.45, 2.75) is 0 Å². The van der Waals surface area contributed by atoms with Crippen molar-refractivity contribution in [1.29, 1.82) is 0 Å². The first-order valence-corrected chi connectivity index (χ1v) is 18.8. The fraction of sp³-hybridized carbons (Fsp3) is 0. The van der Waals surface area contributed by atoms with Crippen molar-refractivity contribution in [3.05, 3.63) is 176 Å². The van der Waals surface area contributed by atoms with E-state index in [4.69, 9.17) is 19.9 Å². The topological polar surface area (TPSA) is 54.8 Å². The van der Waals surface area contributed by atoms with Crippen molar-refractivity contribution >= 4 is 92.9 Å². The third-order valence-electron chi connectivity index (χ3n) is 10.5. The molecule has 0 aliphatic carbocycles. The number of nitrogens with zero attached hydrogens (tertiary/aromatic N) is 5. The van der Waals surface area contributed by atoms with E-state index in [1.54, 1.807) is 11.3 Å². The van der Waals surface area contributed by atoms with Gasteiger partial charge in [0.2, 0.25) is 0 Å². The Morgan fingerprint density at radius 2 is 0.778 bits per heavy atom. The molecule has 6 aromatic carbocycles. The van der Waals surface area contributed by atoms with Gasteiger partial charge in [0.05, 0.1) is 33.4 Å². The van der Waals surface area contributed by atoms with Crippen molar-refractivity contribution in [2.75, 3.05) is 4.90 Å². The summed E-state index contributed by atoms with van der Waals surface area (Å²) in [5.41, 5.74) is 9.90. The van der Waals surface area contributed by atoms with E-state index in [9.17, 15) is 0 Å². The molecule has 54 heavy (non-hydrogen) atoms. The van der Waals surface area contributed by atoms with Crippen LogP contribution in [0.4, 0.5) is 16.4 Å². The zero-order valence-corrected chi connectivity index (χ0v) is 29.7. The molecule has 11 aromatic rings. The highest BCUT2D eigenvalue weighted by Crippen LogP contribution is 2.53. The number of hydrogen-bond donors (Lipinski definition) is 0. The molecule has 5 heterocycles. The highest BCUT2D eigenvalue weighted by molar-refractivity contribution is 7.14. The van der Waals surface area contributed by atoms with Crippen LogP contribution < -0.4 is 4.90 Å². The Labute approximate surface area is 314 Å². The quantitative estimate of drug-likeness (QED) is 0.167. The predicted molar refractivity (Wildman–Crippen MR) is 226 cm³/mol. The average molecular weight is 708 g/mol. The molecule has 6 heteroatoms. The van der Waals surface area contributed by atoms with Crippen LogP contribution in [0.25, 0.3) is 87.4 Å². The van der Waals surface area contributed by atoms with Crippen LogP contribution in [0.2, 0.25) is 0 Å². The van der Waals surface area contributed by atoms with Crippen molar-refractivity contribution in [3.63, 3.8) is 0 Å². The monoisotopic (exact) mass is 707 g/mol. The maximum Gasteiger partial charge on any atom is 0.100 e. The molecule has 5 aromatic heterocycles. The number of fused-ring (bicyclic) bond motifs is 6. The third-order valence-corrected chi connectivity index (χ3v) is 11.3. The Morgan fingerprint density at radius 1 is 0.352 bits per heavy atom. The molecule has 0 amide bonds. The molecule has 0 saturated heterocycles. The molecule has 0 aliphatic rings. The summed E-state index contributed by atoms with van der Waals surface area (Å²) in [4.78, 5) is 23.1. The summed E-state index contributed by atoms with van der Waals surface area (Å²) in [5, 5.41) is 12.0. The van der Waals surface area contributed by atoms with E-state index < -0.39 is 0 Å². The molecule has 0 fully saturated rings. The zero-order chi connectivity index (χ0) is 35.6. The van der Waals surface area contributed by atoms with Crippen LogP contribution in [0.3, 0.4) is 0 Å². The van der Waals surface area contributed by atoms with E-state index >= 15 is 0 Å². The van der Waals surface area contributed by atoms with Gasteiger partial charge in [0.25, 0.3) is 0 Å². The minimum Gasteiger partial charge on any atom is -0.296 e. The number of aromatic nitrogens is 4. The van der Waals surface area contributed by atoms with Crippen LogP contribution in [0.5, 0.6) is 0 Å². The van der Waals surface area contributed by atoms with Crippen LogP contribution in [-0.2, 0) is 0 Å². The molecule has 0 spiro atoms. The maximum absolute atomic E-state index is 5.21. The Hall–Kier alpha value is -7.02. The minimum atomic E-state index is 0.883. The van der Waals surface area contributed by atoms with E-state index in [-0.39, 0.29) is 0 Å². The summed E-state index contributed by atoms with van der Waals surface area (Å²) in [6.07, 6.45) is 7.58. The molecule has 0 saturated carbocycles. The summed E-state index contributed by atoms with van der Waals surface area (Å²) >= 11 is 1.69. The lowest BCUT2D eigenvalue weighted by molar-refractivity contribution is 1.30. The highest BCUT2D eigenvalue weighted by atomic mass is 32.1. The second kappa shape index (κ2) is 12.3. The molecule has 0 aliphatic heterocycles. The molecule has 0 unspecified atom stereocenters. The van der Waals surface area contributed by atoms with Gasteiger partial charge in [0, 0.05) is 57.5 Å². The van der Waals surface area contributed by atoms with Gasteiger partial charge in [-0.15, -0.1) is 11.3 Å². The molecule has 0 atom stereocenters. The van der Waals surface area contributed by atoms with Crippen LogP contribution >= 0.6 is 11.3 Å². The summed E-state index contributed by atoms with van der Waals surface area (Å²) in [6.45, 7) is 0. The lowest BCUT2D eigenvalue weighted by atomic mass is 9.90. The van der Waals surface area contributed by atoms with E-state index in [1.165, 1.54) is 21.5 Å². The molecule has 5 nitrogen and oxygen atoms in total. The average Bonchev–Trinajstić information content (AvgIpc) is 3.78. The molecule has 11 rings (SSSR count). The van der Waals surface area contributed by atoms with E-state index in [2.05, 4.69) is 132 Å². The molecular formula is C48H29N5S. The van der Waals surface area contributed by atoms with Gasteiger partial charge in [0.15, 0.2) is 0 Å². The number of pyridine rings is 4. The van der Waals surface area contributed by atoms with Crippen LogP contribution in [-0.4, -0.2) is 19.9 Å². The Bertz CT molecular complexity index is 2920. The number of anilines is 3. The summed E-state index contributed by atoms with van der Waals surface area (Å²) in [6, 6.07) is 51.3. The molecular weight excluding hydrogens is 679 g/mol. The van der Waals surface area contributed by atoms with Gasteiger partial charge >= 0.3 is 0 Å². The smallest absolute Gasteiger partial charge is 0.100 e. The SMILES string of the molecule is c1csc(N(c2c3cccnc3c(-c3cccc4ccccc34)c3cccnc23)c2c3cccnc3c(-c3cccc4ccccc34)c3cccnc23)c1. The van der Waals surface area contributed by atoms with Crippen molar-refractivity contribution in [1.82, 2.24) is 19.9 Å². The first-order valence-electron chi connectivity index (χ1n) is 18.0. The van der Waals surface area contributed by atoms with E-state index in [0.29, 0.717) is 0 Å². The second-order valence-corrected chi connectivity index (χ2v) is 14.3. The number of thiophene rings is 1. The van der Waals surface area contributed by atoms with Crippen LogP contribution in [0.15, 0.2) is 176 Å². The van der Waals surface area contributed by atoms with Crippen molar-refractivity contribution in [2.24, 2.45) is 0 Å². The first kappa shape index (κ1) is 30.6. The largest absolute Gasteiger partial charge is 0.296 e. The Balaban J connectivity index is 1.30. The normalized spacial score (nSPS) is 11.7. The van der Waals surface area contributed by atoms with Crippen molar-refractivity contribution in [3.8, 4) is 22.3 Å². The van der Waals surface area contributed by atoms with Gasteiger partial charge < -0.3 is 0 Å². The standard InChI is InChI=1S/C48H29N5S/c1-3-16-32-30(12-1)14-5-18-34(32)41-36-20-7-27-51-45(36)47(38-22-9-25-49-43(38)41)53(40-24-11-29-54-40)48-39-23-10-26-50-44(39)42(37-21-8-28-52-46(37)48)35-19-6-15-31-13-2-4-17-33(31)35/h1-29H. The van der Waals surface area contributed by atoms with Gasteiger partial charge in [-0.2, -0.15) is 0 Å². The van der Waals surface area contributed by atoms with Crippen molar-refractivity contribution < 1.29 is 0 Å². The van der Waals surface area contributed by atoms with Gasteiger partial charge in [0.1, 0.15) is 5.00 Å². The molecule has 0 radical (unpaired) electrons. The summed E-state index contributed by atoms with van der Waals surface area (Å²) in [5.74, 6) is 0. The van der Waals surface area contributed by atoms with E-state index in [0.717, 1.165) is 82.2 Å². The number of rotatable bonds is 5. The third kappa shape index (κ3) is 4.57. The lowest BCUT2D eigenvalue weighted by Gasteiger charge is -2.29. The summed E-state index contributed by atoms with van der Waals surface area (Å²) < 4.78 is 0. The Kier molecular flexibility index (Phi) is 6.97. The highest BCUT2D eigenvalue weighted by Gasteiger charge is 2.29. The summed E-state index contributed by atoms with van der Waals surface area (Å²) in [7, 11) is 0. The molecule has 252 valence electrons. The number of hydrogen-bond acceptors (Lipinski definition) is 6. The molecule has 0 N–H and O–H groups in total. The van der Waals surface area contributed by atoms with Crippen LogP contribution in [0.1, 0.15) is 0 Å². The minimum absolute atomic E-state index is 0.883. The predicted octanol–water partition coefficient (Wildman–Crippen LogP) is 13.1. The van der Waals surface area contributed by atoms with Gasteiger partial charge in [-0.3, -0.25) is 24.8 Å². The first-order chi connectivity index (χ1) is 26.8. The fourth-order valence-electron chi connectivity index (χ4n) is 8.31. The zero-order valence-electron chi connectivity index (χ0n) is 28.9. The maximum atomic E-state index is 5.21. The lowest BCUT2D eigenvalue weighted by Crippen LogP contribution is -2.13. The van der Waals surface area contributed by atoms with Crippen LogP contribution in [0, 0.1) is 0 Å². The fourth-order valence-corrected chi connectivity index (χ4v) is 9.05. The van der Waals surface area contributed by atoms with Gasteiger partial charge in [-0.05, 0) is 86.6 Å². The van der Waals surface area contributed by atoms with Gasteiger partial charge in [-0.1, -0.05) is 97.1 Å². The number of benzene rings is 6. The molecule has 0 bridgehead atoms.